The van der Waals surface area contributed by atoms with Crippen molar-refractivity contribution in [1.29, 1.82) is 0 Å². The van der Waals surface area contributed by atoms with Crippen LogP contribution in [0, 0.1) is 13.8 Å². The molecule has 7 heteroatoms. The molecule has 0 radical (unpaired) electrons. The molecular formula is C21H29Cl2N3O2. The van der Waals surface area contributed by atoms with Gasteiger partial charge in [0, 0.05) is 42.7 Å². The molecule has 1 N–H and O–H groups in total. The number of pyridine rings is 1. The number of nitrogens with one attached hydrogen (secondary N) is 1. The number of aryl methyl sites for hydroxylation is 2. The SMILES string of the molecule is CNC1CCN(C(=O)c2cc(C)c(OCc3cccnc3)c(C)c2)CC1.Cl.Cl. The van der Waals surface area contributed by atoms with E-state index in [4.69, 9.17) is 4.74 Å². The van der Waals surface area contributed by atoms with Crippen molar-refractivity contribution < 1.29 is 9.53 Å². The fraction of sp³-hybridized carbons (Fsp3) is 0.429. The molecule has 0 saturated carbocycles. The molecule has 5 nitrogen and oxygen atoms in total. The van der Waals surface area contributed by atoms with Crippen molar-refractivity contribution in [3.8, 4) is 5.75 Å². The predicted molar refractivity (Wildman–Crippen MR) is 117 cm³/mol. The van der Waals surface area contributed by atoms with Gasteiger partial charge in [-0.15, -0.1) is 24.8 Å². The van der Waals surface area contributed by atoms with Crippen LogP contribution >= 0.6 is 24.8 Å². The summed E-state index contributed by atoms with van der Waals surface area (Å²) in [6.45, 7) is 6.08. The first kappa shape index (κ1) is 24.2. The van der Waals surface area contributed by atoms with Crippen LogP contribution in [0.25, 0.3) is 0 Å². The molecule has 1 aliphatic heterocycles. The summed E-state index contributed by atoms with van der Waals surface area (Å²) >= 11 is 0. The minimum atomic E-state index is 0. The number of hydrogen-bond donors (Lipinski definition) is 1. The van der Waals surface area contributed by atoms with Crippen LogP contribution in [0.1, 0.15) is 39.9 Å². The third-order valence-corrected chi connectivity index (χ3v) is 5.00. The highest BCUT2D eigenvalue weighted by Gasteiger charge is 2.23. The lowest BCUT2D eigenvalue weighted by atomic mass is 10.0. The van der Waals surface area contributed by atoms with Gasteiger partial charge in [0.15, 0.2) is 0 Å². The van der Waals surface area contributed by atoms with Gasteiger partial charge in [0.2, 0.25) is 0 Å². The van der Waals surface area contributed by atoms with Crippen molar-refractivity contribution in [3.05, 3.63) is 58.9 Å². The van der Waals surface area contributed by atoms with Crippen molar-refractivity contribution in [2.75, 3.05) is 20.1 Å². The van der Waals surface area contributed by atoms with Crippen molar-refractivity contribution >= 4 is 30.7 Å². The van der Waals surface area contributed by atoms with E-state index in [1.807, 2.05) is 50.1 Å². The van der Waals surface area contributed by atoms with Gasteiger partial charge in [-0.2, -0.15) is 0 Å². The summed E-state index contributed by atoms with van der Waals surface area (Å²) in [5.41, 5.74) is 3.75. The van der Waals surface area contributed by atoms with Gasteiger partial charge in [-0.3, -0.25) is 9.78 Å². The van der Waals surface area contributed by atoms with E-state index in [1.165, 1.54) is 0 Å². The maximum absolute atomic E-state index is 12.8. The smallest absolute Gasteiger partial charge is 0.253 e. The molecule has 1 aromatic heterocycles. The summed E-state index contributed by atoms with van der Waals surface area (Å²) in [6, 6.07) is 8.29. The van der Waals surface area contributed by atoms with Gasteiger partial charge < -0.3 is 15.0 Å². The second-order valence-corrected chi connectivity index (χ2v) is 6.94. The average molecular weight is 426 g/mol. The van der Waals surface area contributed by atoms with E-state index in [2.05, 4.69) is 10.3 Å². The number of halogens is 2. The largest absolute Gasteiger partial charge is 0.488 e. The number of carbonyl (C=O) groups is 1. The van der Waals surface area contributed by atoms with Crippen molar-refractivity contribution in [3.63, 3.8) is 0 Å². The Labute approximate surface area is 179 Å². The normalized spacial score (nSPS) is 14.0. The maximum Gasteiger partial charge on any atom is 0.253 e. The summed E-state index contributed by atoms with van der Waals surface area (Å²) in [5, 5.41) is 3.30. The van der Waals surface area contributed by atoms with Gasteiger partial charge in [-0.1, -0.05) is 6.07 Å². The number of piperidine rings is 1. The zero-order chi connectivity index (χ0) is 18.5. The van der Waals surface area contributed by atoms with Crippen LogP contribution in [-0.4, -0.2) is 42.0 Å². The second-order valence-electron chi connectivity index (χ2n) is 6.94. The highest BCUT2D eigenvalue weighted by molar-refractivity contribution is 5.95. The first-order valence-corrected chi connectivity index (χ1v) is 9.18. The summed E-state index contributed by atoms with van der Waals surface area (Å²) < 4.78 is 5.99. The third-order valence-electron chi connectivity index (χ3n) is 5.00. The highest BCUT2D eigenvalue weighted by Crippen LogP contribution is 2.27. The molecule has 1 aromatic carbocycles. The summed E-state index contributed by atoms with van der Waals surface area (Å²) in [7, 11) is 1.99. The Kier molecular flexibility index (Phi) is 9.73. The maximum atomic E-state index is 12.8. The molecule has 0 unspecified atom stereocenters. The third kappa shape index (κ3) is 5.84. The van der Waals surface area contributed by atoms with Gasteiger partial charge >= 0.3 is 0 Å². The molecule has 1 saturated heterocycles. The van der Waals surface area contributed by atoms with E-state index in [0.717, 1.165) is 53.9 Å². The molecular weight excluding hydrogens is 397 g/mol. The molecule has 1 aliphatic rings. The molecule has 0 atom stereocenters. The predicted octanol–water partition coefficient (Wildman–Crippen LogP) is 3.95. The number of benzene rings is 1. The number of likely N-dealkylation sites (tertiary alicyclic amines) is 1. The Morgan fingerprint density at radius 3 is 2.39 bits per heavy atom. The lowest BCUT2D eigenvalue weighted by Crippen LogP contribution is -2.44. The minimum Gasteiger partial charge on any atom is -0.488 e. The number of nitrogens with zero attached hydrogens (tertiary/aromatic N) is 2. The van der Waals surface area contributed by atoms with Gasteiger partial charge in [0.1, 0.15) is 12.4 Å². The topological polar surface area (TPSA) is 54.5 Å². The number of ether oxygens (including phenoxy) is 1. The molecule has 1 amide bonds. The van der Waals surface area contributed by atoms with E-state index >= 15 is 0 Å². The van der Waals surface area contributed by atoms with Crippen LogP contribution in [0.3, 0.4) is 0 Å². The number of amides is 1. The van der Waals surface area contributed by atoms with Crippen LogP contribution in [0.15, 0.2) is 36.7 Å². The van der Waals surface area contributed by atoms with Gasteiger partial charge in [0.25, 0.3) is 5.91 Å². The van der Waals surface area contributed by atoms with E-state index in [0.29, 0.717) is 12.6 Å². The summed E-state index contributed by atoms with van der Waals surface area (Å²) in [5.74, 6) is 0.962. The molecule has 3 rings (SSSR count). The zero-order valence-corrected chi connectivity index (χ0v) is 18.2. The number of carbonyl (C=O) groups excluding carboxylic acids is 1. The number of aromatic nitrogens is 1. The standard InChI is InChI=1S/C21H27N3O2.2ClH/c1-15-11-18(21(25)24-9-6-19(22-3)7-10-24)12-16(2)20(15)26-14-17-5-4-8-23-13-17;;/h4-5,8,11-13,19,22H,6-7,9-10,14H2,1-3H3;2*1H. The van der Waals surface area contributed by atoms with Crippen molar-refractivity contribution in [1.82, 2.24) is 15.2 Å². The molecule has 2 heterocycles. The Morgan fingerprint density at radius 1 is 1.21 bits per heavy atom. The lowest BCUT2D eigenvalue weighted by Gasteiger charge is -2.32. The molecule has 0 aliphatic carbocycles. The summed E-state index contributed by atoms with van der Waals surface area (Å²) in [6.07, 6.45) is 5.57. The van der Waals surface area contributed by atoms with Crippen LogP contribution < -0.4 is 10.1 Å². The van der Waals surface area contributed by atoms with E-state index < -0.39 is 0 Å². The second kappa shape index (κ2) is 11.2. The van der Waals surface area contributed by atoms with Crippen LogP contribution in [0.5, 0.6) is 5.75 Å². The molecule has 154 valence electrons. The van der Waals surface area contributed by atoms with Crippen LogP contribution in [-0.2, 0) is 6.61 Å². The lowest BCUT2D eigenvalue weighted by molar-refractivity contribution is 0.0707. The quantitative estimate of drug-likeness (QED) is 0.787. The van der Waals surface area contributed by atoms with Crippen molar-refractivity contribution in [2.45, 2.75) is 39.3 Å². The average Bonchev–Trinajstić information content (AvgIpc) is 2.67. The molecule has 1 fully saturated rings. The molecule has 2 aromatic rings. The first-order chi connectivity index (χ1) is 12.6. The first-order valence-electron chi connectivity index (χ1n) is 9.18. The highest BCUT2D eigenvalue weighted by atomic mass is 35.5. The Bertz CT molecular complexity index is 740. The van der Waals surface area contributed by atoms with Crippen LogP contribution in [0.2, 0.25) is 0 Å². The van der Waals surface area contributed by atoms with Crippen LogP contribution in [0.4, 0.5) is 0 Å². The summed E-state index contributed by atoms with van der Waals surface area (Å²) in [4.78, 5) is 18.9. The Morgan fingerprint density at radius 2 is 1.86 bits per heavy atom. The number of rotatable bonds is 5. The van der Waals surface area contributed by atoms with E-state index in [-0.39, 0.29) is 30.7 Å². The minimum absolute atomic E-state index is 0. The Balaban J connectivity index is 0.00000196. The number of hydrogen-bond acceptors (Lipinski definition) is 4. The fourth-order valence-corrected chi connectivity index (χ4v) is 3.49. The van der Waals surface area contributed by atoms with Gasteiger partial charge in [-0.05, 0) is 63.1 Å². The molecule has 0 bridgehead atoms. The van der Waals surface area contributed by atoms with Gasteiger partial charge in [-0.25, -0.2) is 0 Å². The fourth-order valence-electron chi connectivity index (χ4n) is 3.49. The molecule has 28 heavy (non-hydrogen) atoms. The van der Waals surface area contributed by atoms with E-state index in [1.54, 1.807) is 12.4 Å². The zero-order valence-electron chi connectivity index (χ0n) is 16.6. The monoisotopic (exact) mass is 425 g/mol. The Hall–Kier alpha value is -1.82. The van der Waals surface area contributed by atoms with E-state index in [9.17, 15) is 4.79 Å². The van der Waals surface area contributed by atoms with Crippen molar-refractivity contribution in [2.24, 2.45) is 0 Å². The van der Waals surface area contributed by atoms with Gasteiger partial charge in [0.05, 0.1) is 0 Å². The molecule has 0 spiro atoms.